The first-order valence-corrected chi connectivity index (χ1v) is 15.0. The van der Waals surface area contributed by atoms with Gasteiger partial charge in [0.25, 0.3) is 5.91 Å². The molecule has 0 unspecified atom stereocenters. The van der Waals surface area contributed by atoms with Gasteiger partial charge in [-0.3, -0.25) is 9.36 Å². The molecule has 4 aromatic rings. The first-order chi connectivity index (χ1) is 21.8. The number of imide groups is 1. The van der Waals surface area contributed by atoms with Crippen LogP contribution in [0.5, 0.6) is 0 Å². The predicted molar refractivity (Wildman–Crippen MR) is 166 cm³/mol. The Morgan fingerprint density at radius 1 is 1.02 bits per heavy atom. The zero-order valence-electron chi connectivity index (χ0n) is 26.0. The fraction of sp³-hybridized carbons (Fsp3) is 0.364. The fourth-order valence-electron chi connectivity index (χ4n) is 5.16. The van der Waals surface area contributed by atoms with E-state index in [1.54, 1.807) is 26.8 Å². The number of halogens is 3. The SMILES string of the molecule is C[C@H](Nc1nccc(-n2cc(C(=O)N(C(=O)OC(C)(C)C)C3CCNCC3)nc2-c2cccc(C(F)(F)F)c2)n1)c1ccccc1. The molecular weight excluding hydrogens is 599 g/mol. The van der Waals surface area contributed by atoms with E-state index in [-0.39, 0.29) is 34.9 Å². The van der Waals surface area contributed by atoms with Gasteiger partial charge in [0.1, 0.15) is 22.9 Å². The van der Waals surface area contributed by atoms with Crippen molar-refractivity contribution in [2.24, 2.45) is 0 Å². The van der Waals surface area contributed by atoms with E-state index in [0.717, 1.165) is 22.6 Å². The number of benzene rings is 2. The van der Waals surface area contributed by atoms with Crippen LogP contribution in [-0.4, -0.2) is 61.2 Å². The molecule has 0 spiro atoms. The molecule has 2 amide bonds. The Morgan fingerprint density at radius 3 is 2.41 bits per heavy atom. The number of amides is 2. The van der Waals surface area contributed by atoms with E-state index < -0.39 is 35.4 Å². The number of nitrogens with zero attached hydrogens (tertiary/aromatic N) is 5. The van der Waals surface area contributed by atoms with Crippen LogP contribution in [0, 0.1) is 0 Å². The van der Waals surface area contributed by atoms with Crippen LogP contribution in [0.1, 0.15) is 68.2 Å². The maximum atomic E-state index is 14.1. The van der Waals surface area contributed by atoms with Gasteiger partial charge in [0.15, 0.2) is 0 Å². The second kappa shape index (κ2) is 13.3. The molecule has 1 aliphatic rings. The van der Waals surface area contributed by atoms with Crippen molar-refractivity contribution in [2.75, 3.05) is 18.4 Å². The second-order valence-corrected chi connectivity index (χ2v) is 12.1. The van der Waals surface area contributed by atoms with Crippen molar-refractivity contribution in [3.63, 3.8) is 0 Å². The van der Waals surface area contributed by atoms with Crippen molar-refractivity contribution in [3.05, 3.63) is 89.9 Å². The number of piperidine rings is 1. The van der Waals surface area contributed by atoms with Crippen molar-refractivity contribution in [1.82, 2.24) is 29.7 Å². The standard InChI is InChI=1S/C33H36F3N7O3/c1-21(22-9-6-5-7-10-22)39-30-38-18-15-27(41-30)42-20-26(40-28(42)23-11-8-12-24(19-23)33(34,35)36)29(44)43(25-13-16-37-17-14-25)31(45)46-32(2,3)4/h5-12,15,18-21,25,37H,13-14,16-17H2,1-4H3,(H,38,39,41)/t21-/m0/s1. The van der Waals surface area contributed by atoms with Gasteiger partial charge in [0, 0.05) is 24.0 Å². The highest BCUT2D eigenvalue weighted by Gasteiger charge is 2.37. The Bertz CT molecular complexity index is 1680. The summed E-state index contributed by atoms with van der Waals surface area (Å²) in [5.74, 6) is -0.180. The van der Waals surface area contributed by atoms with Crippen molar-refractivity contribution in [2.45, 2.75) is 64.4 Å². The third kappa shape index (κ3) is 7.71. The monoisotopic (exact) mass is 635 g/mol. The predicted octanol–water partition coefficient (Wildman–Crippen LogP) is 6.65. The Kier molecular flexibility index (Phi) is 9.42. The van der Waals surface area contributed by atoms with Gasteiger partial charge in [-0.25, -0.2) is 19.7 Å². The number of imidazole rings is 1. The first-order valence-electron chi connectivity index (χ1n) is 15.0. The van der Waals surface area contributed by atoms with E-state index >= 15 is 0 Å². The summed E-state index contributed by atoms with van der Waals surface area (Å²) in [7, 11) is 0. The van der Waals surface area contributed by atoms with E-state index in [2.05, 4.69) is 25.6 Å². The fourth-order valence-corrected chi connectivity index (χ4v) is 5.16. The molecule has 0 saturated carbocycles. The molecule has 46 heavy (non-hydrogen) atoms. The number of aromatic nitrogens is 4. The highest BCUT2D eigenvalue weighted by molar-refractivity contribution is 6.02. The van der Waals surface area contributed by atoms with Crippen LogP contribution >= 0.6 is 0 Å². The maximum Gasteiger partial charge on any atom is 0.417 e. The average Bonchev–Trinajstić information content (AvgIpc) is 3.47. The van der Waals surface area contributed by atoms with E-state index in [0.29, 0.717) is 25.9 Å². The Hall–Kier alpha value is -4.78. The molecule has 13 heteroatoms. The quantitative estimate of drug-likeness (QED) is 0.232. The lowest BCUT2D eigenvalue weighted by atomic mass is 10.0. The first kappa shape index (κ1) is 32.6. The smallest absolute Gasteiger partial charge is 0.417 e. The van der Waals surface area contributed by atoms with Gasteiger partial charge in [0.2, 0.25) is 5.95 Å². The van der Waals surface area contributed by atoms with E-state index in [4.69, 9.17) is 4.74 Å². The summed E-state index contributed by atoms with van der Waals surface area (Å²) in [6.45, 7) is 8.25. The molecule has 0 bridgehead atoms. The lowest BCUT2D eigenvalue weighted by molar-refractivity contribution is -0.137. The lowest BCUT2D eigenvalue weighted by Crippen LogP contribution is -2.50. The van der Waals surface area contributed by atoms with Gasteiger partial charge in [-0.05, 0) is 77.4 Å². The highest BCUT2D eigenvalue weighted by Crippen LogP contribution is 2.33. The number of nitrogens with one attached hydrogen (secondary N) is 2. The summed E-state index contributed by atoms with van der Waals surface area (Å²) in [5.41, 5.74) is -0.796. The molecule has 2 N–H and O–H groups in total. The third-order valence-corrected chi connectivity index (χ3v) is 7.39. The van der Waals surface area contributed by atoms with Crippen LogP contribution < -0.4 is 10.6 Å². The van der Waals surface area contributed by atoms with Gasteiger partial charge in [-0.1, -0.05) is 42.5 Å². The second-order valence-electron chi connectivity index (χ2n) is 12.1. The Balaban J connectivity index is 1.58. The summed E-state index contributed by atoms with van der Waals surface area (Å²) in [5, 5.41) is 6.45. The third-order valence-electron chi connectivity index (χ3n) is 7.39. The van der Waals surface area contributed by atoms with Crippen molar-refractivity contribution >= 4 is 17.9 Å². The number of carbonyl (C=O) groups excluding carboxylic acids is 2. The molecule has 1 fully saturated rings. The largest absolute Gasteiger partial charge is 0.443 e. The molecule has 1 aliphatic heterocycles. The van der Waals surface area contributed by atoms with Crippen molar-refractivity contribution < 1.29 is 27.5 Å². The molecule has 1 saturated heterocycles. The van der Waals surface area contributed by atoms with E-state index in [9.17, 15) is 22.8 Å². The molecule has 0 radical (unpaired) electrons. The summed E-state index contributed by atoms with van der Waals surface area (Å²) in [6.07, 6.45) is -1.53. The lowest BCUT2D eigenvalue weighted by Gasteiger charge is -2.34. The van der Waals surface area contributed by atoms with Gasteiger partial charge < -0.3 is 15.4 Å². The normalized spacial score (nSPS) is 14.8. The minimum Gasteiger partial charge on any atom is -0.443 e. The van der Waals surface area contributed by atoms with Crippen molar-refractivity contribution in [1.29, 1.82) is 0 Å². The van der Waals surface area contributed by atoms with Crippen LogP contribution in [0.3, 0.4) is 0 Å². The number of anilines is 1. The zero-order valence-corrected chi connectivity index (χ0v) is 26.0. The summed E-state index contributed by atoms with van der Waals surface area (Å²) >= 11 is 0. The van der Waals surface area contributed by atoms with Gasteiger partial charge in [-0.2, -0.15) is 18.2 Å². The summed E-state index contributed by atoms with van der Waals surface area (Å²) < 4.78 is 48.2. The number of hydrogen-bond acceptors (Lipinski definition) is 8. The van der Waals surface area contributed by atoms with Crippen LogP contribution in [0.4, 0.5) is 23.9 Å². The van der Waals surface area contributed by atoms with Gasteiger partial charge >= 0.3 is 12.3 Å². The topological polar surface area (TPSA) is 114 Å². The van der Waals surface area contributed by atoms with Crippen LogP contribution in [-0.2, 0) is 10.9 Å². The molecular formula is C33H36F3N7O3. The number of ether oxygens (including phenoxy) is 1. The molecule has 242 valence electrons. The van der Waals surface area contributed by atoms with Crippen LogP contribution in [0.25, 0.3) is 17.2 Å². The molecule has 3 heterocycles. The number of carbonyl (C=O) groups is 2. The van der Waals surface area contributed by atoms with Gasteiger partial charge in [-0.15, -0.1) is 0 Å². The van der Waals surface area contributed by atoms with E-state index in [1.165, 1.54) is 29.1 Å². The maximum absolute atomic E-state index is 14.1. The Morgan fingerprint density at radius 2 is 1.74 bits per heavy atom. The minimum atomic E-state index is -4.60. The molecule has 2 aromatic carbocycles. The molecule has 10 nitrogen and oxygen atoms in total. The molecule has 5 rings (SSSR count). The highest BCUT2D eigenvalue weighted by atomic mass is 19.4. The van der Waals surface area contributed by atoms with Crippen LogP contribution in [0.15, 0.2) is 73.1 Å². The van der Waals surface area contributed by atoms with Crippen LogP contribution in [0.2, 0.25) is 0 Å². The number of alkyl halides is 3. The molecule has 2 aromatic heterocycles. The van der Waals surface area contributed by atoms with Crippen molar-refractivity contribution in [3.8, 4) is 17.2 Å². The average molecular weight is 636 g/mol. The summed E-state index contributed by atoms with van der Waals surface area (Å²) in [4.78, 5) is 42.0. The number of rotatable bonds is 7. The van der Waals surface area contributed by atoms with E-state index in [1.807, 2.05) is 37.3 Å². The molecule has 0 aliphatic carbocycles. The molecule has 1 atom stereocenters. The zero-order chi connectivity index (χ0) is 33.1. The summed E-state index contributed by atoms with van der Waals surface area (Å²) in [6, 6.07) is 15.3. The Labute approximate surface area is 265 Å². The minimum absolute atomic E-state index is 0.0321. The van der Waals surface area contributed by atoms with Gasteiger partial charge in [0.05, 0.1) is 11.6 Å². The number of hydrogen-bond donors (Lipinski definition) is 2.